The fraction of sp³-hybridized carbons (Fsp3) is 0. The molecule has 0 saturated heterocycles. The van der Waals surface area contributed by atoms with Gasteiger partial charge in [0, 0.05) is 40.8 Å². The molecule has 0 amide bonds. The Hall–Kier alpha value is -4.53. The molecule has 0 bridgehead atoms. The minimum absolute atomic E-state index is 0.0927. The summed E-state index contributed by atoms with van der Waals surface area (Å²) in [4.78, 5) is 20.9. The number of pyridine rings is 3. The molecule has 0 saturated carbocycles. The molecule has 0 aliphatic carbocycles. The largest absolute Gasteiger partial charge is 0.506 e. The van der Waals surface area contributed by atoms with Crippen LogP contribution in [0.15, 0.2) is 66.0 Å². The molecule has 0 unspecified atom stereocenters. The van der Waals surface area contributed by atoms with Gasteiger partial charge >= 0.3 is 0 Å². The van der Waals surface area contributed by atoms with Crippen LogP contribution in [0.4, 0.5) is 0 Å². The van der Waals surface area contributed by atoms with Crippen LogP contribution in [0.5, 0.6) is 5.75 Å². The van der Waals surface area contributed by atoms with Gasteiger partial charge in [-0.25, -0.2) is 15.0 Å². The van der Waals surface area contributed by atoms with Crippen LogP contribution in [-0.4, -0.2) is 40.2 Å². The standard InChI is InChI=1S/C21H13N7O2/c29-14-5-12(7-22-9-14)13-6-16-18(27-28-19(16)24-8-13)21-25-17-15(11-2-4-30-10-11)1-3-23-20(17)26-21/h1-10,29H,(H,23,25,26)(H,24,27,28). The van der Waals surface area contributed by atoms with Gasteiger partial charge in [-0.3, -0.25) is 10.1 Å². The van der Waals surface area contributed by atoms with Crippen molar-refractivity contribution >= 4 is 22.2 Å². The normalized spacial score (nSPS) is 11.5. The molecule has 6 heterocycles. The van der Waals surface area contributed by atoms with E-state index in [1.54, 1.807) is 37.2 Å². The van der Waals surface area contributed by atoms with E-state index in [1.165, 1.54) is 6.20 Å². The first kappa shape index (κ1) is 16.4. The molecule has 0 aliphatic heterocycles. The van der Waals surface area contributed by atoms with Gasteiger partial charge in [-0.15, -0.1) is 0 Å². The van der Waals surface area contributed by atoms with Crippen LogP contribution in [0.1, 0.15) is 0 Å². The zero-order valence-electron chi connectivity index (χ0n) is 15.4. The van der Waals surface area contributed by atoms with E-state index in [4.69, 9.17) is 9.40 Å². The van der Waals surface area contributed by atoms with Crippen molar-refractivity contribution in [2.24, 2.45) is 0 Å². The van der Waals surface area contributed by atoms with Crippen LogP contribution >= 0.6 is 0 Å². The van der Waals surface area contributed by atoms with Gasteiger partial charge in [0.25, 0.3) is 0 Å². The number of nitrogens with zero attached hydrogens (tertiary/aromatic N) is 5. The molecule has 3 N–H and O–H groups in total. The number of imidazole rings is 1. The molecule has 144 valence electrons. The van der Waals surface area contributed by atoms with Crippen molar-refractivity contribution in [3.8, 4) is 39.5 Å². The topological polar surface area (TPSA) is 129 Å². The zero-order valence-corrected chi connectivity index (χ0v) is 15.4. The molecule has 9 heteroatoms. The van der Waals surface area contributed by atoms with E-state index < -0.39 is 0 Å². The van der Waals surface area contributed by atoms with Crippen LogP contribution in [-0.2, 0) is 0 Å². The Morgan fingerprint density at radius 2 is 1.87 bits per heavy atom. The number of hydrogen-bond donors (Lipinski definition) is 3. The maximum absolute atomic E-state index is 9.74. The van der Waals surface area contributed by atoms with E-state index in [0.29, 0.717) is 22.8 Å². The van der Waals surface area contributed by atoms with Crippen LogP contribution in [0.2, 0.25) is 0 Å². The Morgan fingerprint density at radius 1 is 0.933 bits per heavy atom. The van der Waals surface area contributed by atoms with Gasteiger partial charge in [0.1, 0.15) is 17.0 Å². The third-order valence-electron chi connectivity index (χ3n) is 4.91. The monoisotopic (exact) mass is 395 g/mol. The van der Waals surface area contributed by atoms with Gasteiger partial charge in [0.15, 0.2) is 17.1 Å². The van der Waals surface area contributed by atoms with Gasteiger partial charge in [0.05, 0.1) is 24.1 Å². The third-order valence-corrected chi connectivity index (χ3v) is 4.91. The molecule has 0 aromatic carbocycles. The summed E-state index contributed by atoms with van der Waals surface area (Å²) in [6.45, 7) is 0. The summed E-state index contributed by atoms with van der Waals surface area (Å²) in [7, 11) is 0. The number of H-pyrrole nitrogens is 2. The second-order valence-corrected chi connectivity index (χ2v) is 6.78. The summed E-state index contributed by atoms with van der Waals surface area (Å²) in [5.41, 5.74) is 6.04. The Kier molecular flexibility index (Phi) is 3.42. The maximum Gasteiger partial charge on any atom is 0.161 e. The van der Waals surface area contributed by atoms with E-state index >= 15 is 0 Å². The fourth-order valence-electron chi connectivity index (χ4n) is 3.50. The number of aromatic amines is 2. The van der Waals surface area contributed by atoms with Crippen molar-refractivity contribution in [3.05, 3.63) is 61.6 Å². The lowest BCUT2D eigenvalue weighted by Crippen LogP contribution is -1.85. The van der Waals surface area contributed by atoms with E-state index in [0.717, 1.165) is 33.2 Å². The highest BCUT2D eigenvalue weighted by Gasteiger charge is 2.17. The number of nitrogens with one attached hydrogen (secondary N) is 2. The van der Waals surface area contributed by atoms with Crippen LogP contribution < -0.4 is 0 Å². The molecule has 0 radical (unpaired) electrons. The summed E-state index contributed by atoms with van der Waals surface area (Å²) in [6, 6.07) is 7.36. The molecule has 6 rings (SSSR count). The summed E-state index contributed by atoms with van der Waals surface area (Å²) in [5.74, 6) is 0.669. The Bertz CT molecular complexity index is 1520. The molecule has 0 atom stereocenters. The Balaban J connectivity index is 1.52. The number of hydrogen-bond acceptors (Lipinski definition) is 7. The molecule has 0 spiro atoms. The Morgan fingerprint density at radius 3 is 2.73 bits per heavy atom. The summed E-state index contributed by atoms with van der Waals surface area (Å²) < 4.78 is 5.21. The van der Waals surface area contributed by atoms with E-state index in [1.807, 2.05) is 18.2 Å². The second kappa shape index (κ2) is 6.24. The quantitative estimate of drug-likeness (QED) is 0.414. The highest BCUT2D eigenvalue weighted by molar-refractivity contribution is 5.95. The molecule has 0 aliphatic rings. The maximum atomic E-state index is 9.74. The van der Waals surface area contributed by atoms with Gasteiger partial charge in [-0.1, -0.05) is 0 Å². The highest BCUT2D eigenvalue weighted by atomic mass is 16.3. The minimum atomic E-state index is 0.0927. The summed E-state index contributed by atoms with van der Waals surface area (Å²) in [6.07, 6.45) is 9.79. The van der Waals surface area contributed by atoms with E-state index in [9.17, 15) is 5.11 Å². The van der Waals surface area contributed by atoms with Gasteiger partial charge in [-0.05, 0) is 24.3 Å². The van der Waals surface area contributed by atoms with E-state index in [2.05, 4.69) is 30.1 Å². The number of aromatic hydroxyl groups is 1. The number of fused-ring (bicyclic) bond motifs is 2. The van der Waals surface area contributed by atoms with Gasteiger partial charge in [0.2, 0.25) is 0 Å². The predicted octanol–water partition coefficient (Wildman–Crippen LogP) is 3.92. The van der Waals surface area contributed by atoms with Crippen LogP contribution in [0, 0.1) is 0 Å². The molecular weight excluding hydrogens is 382 g/mol. The molecule has 0 fully saturated rings. The van der Waals surface area contributed by atoms with Crippen molar-refractivity contribution in [3.63, 3.8) is 0 Å². The average molecular weight is 395 g/mol. The average Bonchev–Trinajstić information content (AvgIpc) is 3.51. The lowest BCUT2D eigenvalue weighted by Gasteiger charge is -2.02. The SMILES string of the molecule is Oc1cncc(-c2cnc3[nH]nc(-c4nc5c(-c6ccoc6)ccnc5[nH]4)c3c2)c1. The first-order valence-corrected chi connectivity index (χ1v) is 9.12. The van der Waals surface area contributed by atoms with Crippen LogP contribution in [0.25, 0.3) is 56.0 Å². The molecule has 6 aromatic heterocycles. The molecular formula is C21H13N7O2. The minimum Gasteiger partial charge on any atom is -0.506 e. The first-order valence-electron chi connectivity index (χ1n) is 9.12. The predicted molar refractivity (Wildman–Crippen MR) is 109 cm³/mol. The van der Waals surface area contributed by atoms with Crippen molar-refractivity contribution in [2.45, 2.75) is 0 Å². The number of furan rings is 1. The van der Waals surface area contributed by atoms with E-state index in [-0.39, 0.29) is 5.75 Å². The highest BCUT2D eigenvalue weighted by Crippen LogP contribution is 2.32. The summed E-state index contributed by atoms with van der Waals surface area (Å²) in [5, 5.41) is 17.9. The smallest absolute Gasteiger partial charge is 0.161 e. The van der Waals surface area contributed by atoms with Crippen molar-refractivity contribution in [1.82, 2.24) is 35.1 Å². The molecule has 9 nitrogen and oxygen atoms in total. The molecule has 6 aromatic rings. The lowest BCUT2D eigenvalue weighted by molar-refractivity contribution is 0.473. The second-order valence-electron chi connectivity index (χ2n) is 6.78. The first-order chi connectivity index (χ1) is 14.8. The van der Waals surface area contributed by atoms with Crippen molar-refractivity contribution in [1.29, 1.82) is 0 Å². The zero-order chi connectivity index (χ0) is 20.1. The lowest BCUT2D eigenvalue weighted by atomic mass is 10.1. The Labute approximate surface area is 168 Å². The summed E-state index contributed by atoms with van der Waals surface area (Å²) >= 11 is 0. The van der Waals surface area contributed by atoms with Crippen molar-refractivity contribution < 1.29 is 9.52 Å². The van der Waals surface area contributed by atoms with Crippen LogP contribution in [0.3, 0.4) is 0 Å². The molecule has 30 heavy (non-hydrogen) atoms. The third kappa shape index (κ3) is 2.53. The van der Waals surface area contributed by atoms with Crippen molar-refractivity contribution in [2.75, 3.05) is 0 Å². The number of rotatable bonds is 3. The number of aromatic nitrogens is 7. The fourth-order valence-corrected chi connectivity index (χ4v) is 3.50. The van der Waals surface area contributed by atoms with Gasteiger partial charge < -0.3 is 14.5 Å². The van der Waals surface area contributed by atoms with Gasteiger partial charge in [-0.2, -0.15) is 5.10 Å².